The monoisotopic (exact) mass is 276 g/mol. The Hall–Kier alpha value is -1.71. The molecular formula is C16H24N2O2. The van der Waals surface area contributed by atoms with Gasteiger partial charge in [-0.3, -0.25) is 4.79 Å². The third-order valence-electron chi connectivity index (χ3n) is 3.86. The fraction of sp³-hybridized carbons (Fsp3) is 0.562. The van der Waals surface area contributed by atoms with Crippen LogP contribution in [0.1, 0.15) is 38.5 Å². The summed E-state index contributed by atoms with van der Waals surface area (Å²) in [6.07, 6.45) is 6.84. The van der Waals surface area contributed by atoms with Gasteiger partial charge in [0.1, 0.15) is 5.75 Å². The maximum Gasteiger partial charge on any atom is 0.223 e. The third-order valence-corrected chi connectivity index (χ3v) is 3.86. The fourth-order valence-corrected chi connectivity index (χ4v) is 2.67. The number of carbonyl (C=O) groups excluding carboxylic acids is 1. The number of ether oxygens (including phenoxy) is 1. The molecule has 1 aromatic rings. The average molecular weight is 276 g/mol. The quantitative estimate of drug-likeness (QED) is 0.753. The number of amides is 1. The molecule has 0 unspecified atom stereocenters. The SMILES string of the molecule is Nc1ccccc1OCCC(=O)NCCC1CCCC1. The van der Waals surface area contributed by atoms with E-state index in [9.17, 15) is 4.79 Å². The largest absolute Gasteiger partial charge is 0.491 e. The molecule has 0 aliphatic heterocycles. The van der Waals surface area contributed by atoms with Crippen LogP contribution in [0.4, 0.5) is 5.69 Å². The van der Waals surface area contributed by atoms with Crippen LogP contribution in [0.2, 0.25) is 0 Å². The van der Waals surface area contributed by atoms with Gasteiger partial charge in [0, 0.05) is 6.54 Å². The van der Waals surface area contributed by atoms with Crippen LogP contribution in [0.3, 0.4) is 0 Å². The first kappa shape index (κ1) is 14.7. The second kappa shape index (κ2) is 7.78. The molecule has 1 aliphatic carbocycles. The number of hydrogen-bond donors (Lipinski definition) is 2. The number of benzene rings is 1. The summed E-state index contributed by atoms with van der Waals surface area (Å²) >= 11 is 0. The number of nitrogens with one attached hydrogen (secondary N) is 1. The van der Waals surface area contributed by atoms with E-state index < -0.39 is 0 Å². The Bertz CT molecular complexity index is 428. The van der Waals surface area contributed by atoms with Crippen LogP contribution in [0.15, 0.2) is 24.3 Å². The topological polar surface area (TPSA) is 64.3 Å². The number of nitrogens with two attached hydrogens (primary N) is 1. The molecular weight excluding hydrogens is 252 g/mol. The van der Waals surface area contributed by atoms with Crippen LogP contribution in [-0.2, 0) is 4.79 Å². The van der Waals surface area contributed by atoms with Crippen LogP contribution in [0.5, 0.6) is 5.75 Å². The van der Waals surface area contributed by atoms with E-state index in [2.05, 4.69) is 5.32 Å². The molecule has 0 heterocycles. The fourth-order valence-electron chi connectivity index (χ4n) is 2.67. The first-order chi connectivity index (χ1) is 9.75. The molecule has 1 fully saturated rings. The van der Waals surface area contributed by atoms with Crippen molar-refractivity contribution >= 4 is 11.6 Å². The predicted molar refractivity (Wildman–Crippen MR) is 80.6 cm³/mol. The third kappa shape index (κ3) is 4.76. The first-order valence-corrected chi connectivity index (χ1v) is 7.49. The van der Waals surface area contributed by atoms with Gasteiger partial charge in [0.15, 0.2) is 0 Å². The average Bonchev–Trinajstić information content (AvgIpc) is 2.94. The lowest BCUT2D eigenvalue weighted by atomic mass is 10.0. The van der Waals surface area contributed by atoms with E-state index in [0.29, 0.717) is 24.5 Å². The minimum atomic E-state index is 0.0532. The van der Waals surface area contributed by atoms with Crippen molar-refractivity contribution < 1.29 is 9.53 Å². The number of nitrogen functional groups attached to an aromatic ring is 1. The maximum absolute atomic E-state index is 11.7. The Labute approximate surface area is 120 Å². The Morgan fingerprint density at radius 1 is 1.30 bits per heavy atom. The van der Waals surface area contributed by atoms with Gasteiger partial charge in [-0.1, -0.05) is 37.8 Å². The first-order valence-electron chi connectivity index (χ1n) is 7.49. The predicted octanol–water partition coefficient (Wildman–Crippen LogP) is 2.73. The summed E-state index contributed by atoms with van der Waals surface area (Å²) < 4.78 is 5.50. The number of anilines is 1. The van der Waals surface area contributed by atoms with Crippen molar-refractivity contribution in [1.82, 2.24) is 5.32 Å². The second-order valence-electron chi connectivity index (χ2n) is 5.43. The smallest absolute Gasteiger partial charge is 0.223 e. The van der Waals surface area contributed by atoms with Crippen LogP contribution in [0, 0.1) is 5.92 Å². The summed E-state index contributed by atoms with van der Waals surface area (Å²) in [4.78, 5) is 11.7. The lowest BCUT2D eigenvalue weighted by molar-refractivity contribution is -0.121. The molecule has 4 heteroatoms. The van der Waals surface area contributed by atoms with Gasteiger partial charge >= 0.3 is 0 Å². The van der Waals surface area contributed by atoms with Gasteiger partial charge in [0.05, 0.1) is 18.7 Å². The van der Waals surface area contributed by atoms with E-state index in [0.717, 1.165) is 18.9 Å². The van der Waals surface area contributed by atoms with Crippen molar-refractivity contribution in [2.45, 2.75) is 38.5 Å². The van der Waals surface area contributed by atoms with Crippen LogP contribution in [-0.4, -0.2) is 19.1 Å². The molecule has 0 radical (unpaired) electrons. The van der Waals surface area contributed by atoms with Crippen LogP contribution < -0.4 is 15.8 Å². The highest BCUT2D eigenvalue weighted by Gasteiger charge is 2.14. The molecule has 0 saturated heterocycles. The zero-order chi connectivity index (χ0) is 14.2. The Balaban J connectivity index is 1.57. The lowest BCUT2D eigenvalue weighted by Crippen LogP contribution is -2.27. The van der Waals surface area contributed by atoms with E-state index >= 15 is 0 Å². The molecule has 0 aromatic heterocycles. The number of hydrogen-bond acceptors (Lipinski definition) is 3. The molecule has 4 nitrogen and oxygen atoms in total. The Kier molecular flexibility index (Phi) is 5.71. The molecule has 20 heavy (non-hydrogen) atoms. The van der Waals surface area contributed by atoms with E-state index in [4.69, 9.17) is 10.5 Å². The Morgan fingerprint density at radius 2 is 2.05 bits per heavy atom. The minimum absolute atomic E-state index is 0.0532. The van der Waals surface area contributed by atoms with E-state index in [1.54, 1.807) is 6.07 Å². The van der Waals surface area contributed by atoms with Gasteiger partial charge in [0.2, 0.25) is 5.91 Å². The molecule has 1 saturated carbocycles. The molecule has 2 rings (SSSR count). The molecule has 1 amide bonds. The van der Waals surface area contributed by atoms with Gasteiger partial charge < -0.3 is 15.8 Å². The summed E-state index contributed by atoms with van der Waals surface area (Å²) in [5.74, 6) is 1.51. The van der Waals surface area contributed by atoms with Gasteiger partial charge in [-0.05, 0) is 24.5 Å². The zero-order valence-electron chi connectivity index (χ0n) is 11.9. The van der Waals surface area contributed by atoms with Crippen molar-refractivity contribution in [3.63, 3.8) is 0 Å². The zero-order valence-corrected chi connectivity index (χ0v) is 11.9. The van der Waals surface area contributed by atoms with Crippen LogP contribution in [0.25, 0.3) is 0 Å². The van der Waals surface area contributed by atoms with Crippen molar-refractivity contribution in [3.05, 3.63) is 24.3 Å². The minimum Gasteiger partial charge on any atom is -0.491 e. The van der Waals surface area contributed by atoms with Gasteiger partial charge in [-0.25, -0.2) is 0 Å². The number of para-hydroxylation sites is 2. The van der Waals surface area contributed by atoms with E-state index in [1.807, 2.05) is 18.2 Å². The summed E-state index contributed by atoms with van der Waals surface area (Å²) in [5, 5.41) is 2.96. The normalized spacial score (nSPS) is 15.2. The van der Waals surface area contributed by atoms with Crippen molar-refractivity contribution in [3.8, 4) is 5.75 Å². The lowest BCUT2D eigenvalue weighted by Gasteiger charge is -2.11. The van der Waals surface area contributed by atoms with Gasteiger partial charge in [0.25, 0.3) is 0 Å². The molecule has 1 aliphatic rings. The number of rotatable bonds is 7. The van der Waals surface area contributed by atoms with Gasteiger partial charge in [-0.15, -0.1) is 0 Å². The van der Waals surface area contributed by atoms with Crippen molar-refractivity contribution in [2.75, 3.05) is 18.9 Å². The van der Waals surface area contributed by atoms with Crippen molar-refractivity contribution in [1.29, 1.82) is 0 Å². The summed E-state index contributed by atoms with van der Waals surface area (Å²) in [6.45, 7) is 1.15. The molecule has 110 valence electrons. The summed E-state index contributed by atoms with van der Waals surface area (Å²) in [7, 11) is 0. The Morgan fingerprint density at radius 3 is 2.80 bits per heavy atom. The molecule has 1 aromatic carbocycles. The highest BCUT2D eigenvalue weighted by atomic mass is 16.5. The number of carbonyl (C=O) groups is 1. The van der Waals surface area contributed by atoms with E-state index in [1.165, 1.54) is 25.7 Å². The van der Waals surface area contributed by atoms with Gasteiger partial charge in [-0.2, -0.15) is 0 Å². The highest BCUT2D eigenvalue weighted by molar-refractivity contribution is 5.75. The molecule has 0 spiro atoms. The maximum atomic E-state index is 11.7. The van der Waals surface area contributed by atoms with Crippen LogP contribution >= 0.6 is 0 Å². The standard InChI is InChI=1S/C16H24N2O2/c17-14-7-3-4-8-15(14)20-12-10-16(19)18-11-9-13-5-1-2-6-13/h3-4,7-8,13H,1-2,5-6,9-12,17H2,(H,18,19). The van der Waals surface area contributed by atoms with Crippen molar-refractivity contribution in [2.24, 2.45) is 5.92 Å². The summed E-state index contributed by atoms with van der Waals surface area (Å²) in [5.41, 5.74) is 6.37. The summed E-state index contributed by atoms with van der Waals surface area (Å²) in [6, 6.07) is 7.33. The van der Waals surface area contributed by atoms with E-state index in [-0.39, 0.29) is 5.91 Å². The molecule has 0 atom stereocenters. The molecule has 0 bridgehead atoms. The second-order valence-corrected chi connectivity index (χ2v) is 5.43. The molecule has 3 N–H and O–H groups in total. The highest BCUT2D eigenvalue weighted by Crippen LogP contribution is 2.26.